The Labute approximate surface area is 135 Å². The predicted molar refractivity (Wildman–Crippen MR) is 89.7 cm³/mol. The molecule has 0 aromatic heterocycles. The van der Waals surface area contributed by atoms with E-state index in [2.05, 4.69) is 10.2 Å². The van der Waals surface area contributed by atoms with Crippen molar-refractivity contribution in [3.05, 3.63) is 59.6 Å². The summed E-state index contributed by atoms with van der Waals surface area (Å²) in [6.07, 6.45) is 0. The van der Waals surface area contributed by atoms with Crippen LogP contribution >= 0.6 is 11.6 Å². The number of anilines is 1. The molecule has 0 spiro atoms. The minimum absolute atomic E-state index is 0.0429. The number of ether oxygens (including phenoxy) is 1. The van der Waals surface area contributed by atoms with Crippen molar-refractivity contribution in [2.24, 2.45) is 0 Å². The predicted octanol–water partition coefficient (Wildman–Crippen LogP) is 2.97. The zero-order valence-electron chi connectivity index (χ0n) is 12.5. The minimum Gasteiger partial charge on any atom is -0.482 e. The zero-order valence-corrected chi connectivity index (χ0v) is 13.2. The van der Waals surface area contributed by atoms with E-state index < -0.39 is 0 Å². The van der Waals surface area contributed by atoms with Gasteiger partial charge in [0.15, 0.2) is 6.61 Å². The van der Waals surface area contributed by atoms with E-state index in [1.807, 2.05) is 49.5 Å². The summed E-state index contributed by atoms with van der Waals surface area (Å²) < 4.78 is 5.38. The van der Waals surface area contributed by atoms with Gasteiger partial charge >= 0.3 is 0 Å². The van der Waals surface area contributed by atoms with Crippen LogP contribution in [0.1, 0.15) is 0 Å². The first-order chi connectivity index (χ1) is 10.7. The summed E-state index contributed by atoms with van der Waals surface area (Å²) in [6.45, 7) is 1.23. The van der Waals surface area contributed by atoms with Gasteiger partial charge in [-0.15, -0.1) is 0 Å². The van der Waals surface area contributed by atoms with Crippen LogP contribution in [-0.2, 0) is 4.79 Å². The molecule has 0 heterocycles. The van der Waals surface area contributed by atoms with Crippen molar-refractivity contribution in [2.75, 3.05) is 31.6 Å². The van der Waals surface area contributed by atoms with Crippen LogP contribution in [0.15, 0.2) is 54.6 Å². The van der Waals surface area contributed by atoms with Crippen LogP contribution in [0.3, 0.4) is 0 Å². The van der Waals surface area contributed by atoms with Crippen molar-refractivity contribution in [1.82, 2.24) is 5.32 Å². The lowest BCUT2D eigenvalue weighted by Gasteiger charge is -2.19. The largest absolute Gasteiger partial charge is 0.482 e. The summed E-state index contributed by atoms with van der Waals surface area (Å²) in [6, 6.07) is 17.1. The first-order valence-electron chi connectivity index (χ1n) is 7.07. The highest BCUT2D eigenvalue weighted by molar-refractivity contribution is 6.32. The van der Waals surface area contributed by atoms with Gasteiger partial charge in [0, 0.05) is 25.8 Å². The van der Waals surface area contributed by atoms with Gasteiger partial charge in [-0.1, -0.05) is 41.9 Å². The molecular formula is C17H19ClN2O2. The fourth-order valence-electron chi connectivity index (χ4n) is 1.93. The van der Waals surface area contributed by atoms with Crippen LogP contribution in [-0.4, -0.2) is 32.7 Å². The Bertz CT molecular complexity index is 605. The molecule has 0 saturated carbocycles. The number of hydrogen-bond acceptors (Lipinski definition) is 3. The lowest BCUT2D eigenvalue weighted by molar-refractivity contribution is -0.123. The van der Waals surface area contributed by atoms with Crippen LogP contribution in [0.2, 0.25) is 5.02 Å². The Morgan fingerprint density at radius 3 is 2.55 bits per heavy atom. The molecule has 0 saturated heterocycles. The van der Waals surface area contributed by atoms with Crippen LogP contribution in [0.25, 0.3) is 0 Å². The van der Waals surface area contributed by atoms with Gasteiger partial charge in [-0.25, -0.2) is 0 Å². The molecule has 0 aliphatic rings. The van der Waals surface area contributed by atoms with E-state index >= 15 is 0 Å². The molecule has 0 aliphatic carbocycles. The molecule has 1 N–H and O–H groups in total. The van der Waals surface area contributed by atoms with E-state index in [-0.39, 0.29) is 12.5 Å². The highest BCUT2D eigenvalue weighted by Crippen LogP contribution is 2.22. The Kier molecular flexibility index (Phi) is 6.10. The normalized spacial score (nSPS) is 10.1. The molecule has 2 rings (SSSR count). The summed E-state index contributed by atoms with van der Waals surface area (Å²) in [5.74, 6) is 0.349. The molecular weight excluding hydrogens is 300 g/mol. The maximum Gasteiger partial charge on any atom is 0.258 e. The number of rotatable bonds is 7. The standard InChI is InChI=1S/C17H19ClN2O2/c1-20(14-7-3-2-4-8-14)12-11-19-17(21)13-22-16-10-6-5-9-15(16)18/h2-10H,11-13H2,1H3,(H,19,21). The van der Waals surface area contributed by atoms with Gasteiger partial charge in [-0.3, -0.25) is 4.79 Å². The van der Waals surface area contributed by atoms with E-state index in [1.54, 1.807) is 12.1 Å². The van der Waals surface area contributed by atoms with Crippen molar-refractivity contribution in [2.45, 2.75) is 0 Å². The number of nitrogens with zero attached hydrogens (tertiary/aromatic N) is 1. The Morgan fingerprint density at radius 1 is 1.14 bits per heavy atom. The van der Waals surface area contributed by atoms with Crippen LogP contribution in [0.4, 0.5) is 5.69 Å². The van der Waals surface area contributed by atoms with Gasteiger partial charge in [0.25, 0.3) is 5.91 Å². The van der Waals surface area contributed by atoms with Gasteiger partial charge in [-0.05, 0) is 24.3 Å². The maximum absolute atomic E-state index is 11.7. The van der Waals surface area contributed by atoms with E-state index in [0.717, 1.165) is 12.2 Å². The third-order valence-corrected chi connectivity index (χ3v) is 3.47. The summed E-state index contributed by atoms with van der Waals surface area (Å²) in [5, 5.41) is 3.32. The highest BCUT2D eigenvalue weighted by Gasteiger charge is 2.06. The Morgan fingerprint density at radius 2 is 1.82 bits per heavy atom. The number of carbonyl (C=O) groups excluding carboxylic acids is 1. The van der Waals surface area contributed by atoms with Gasteiger partial charge in [0.05, 0.1) is 5.02 Å². The first kappa shape index (κ1) is 16.2. The summed E-state index contributed by atoms with van der Waals surface area (Å²) >= 11 is 5.96. The van der Waals surface area contributed by atoms with Crippen molar-refractivity contribution in [3.63, 3.8) is 0 Å². The van der Waals surface area contributed by atoms with E-state index in [4.69, 9.17) is 16.3 Å². The molecule has 1 amide bonds. The second kappa shape index (κ2) is 8.29. The lowest BCUT2D eigenvalue weighted by Crippen LogP contribution is -2.35. The number of carbonyl (C=O) groups is 1. The Hall–Kier alpha value is -2.20. The van der Waals surface area contributed by atoms with Crippen LogP contribution in [0, 0.1) is 0 Å². The molecule has 116 valence electrons. The fourth-order valence-corrected chi connectivity index (χ4v) is 2.12. The minimum atomic E-state index is -0.165. The van der Waals surface area contributed by atoms with Gasteiger partial charge < -0.3 is 15.0 Å². The van der Waals surface area contributed by atoms with Crippen molar-refractivity contribution in [3.8, 4) is 5.75 Å². The Balaban J connectivity index is 1.69. The highest BCUT2D eigenvalue weighted by atomic mass is 35.5. The number of amides is 1. The number of nitrogens with one attached hydrogen (secondary N) is 1. The second-order valence-electron chi connectivity index (χ2n) is 4.83. The molecule has 0 atom stereocenters. The average molecular weight is 319 g/mol. The maximum atomic E-state index is 11.7. The van der Waals surface area contributed by atoms with E-state index in [1.165, 1.54) is 0 Å². The SMILES string of the molecule is CN(CCNC(=O)COc1ccccc1Cl)c1ccccc1. The molecule has 2 aromatic rings. The fraction of sp³-hybridized carbons (Fsp3) is 0.235. The molecule has 0 radical (unpaired) electrons. The first-order valence-corrected chi connectivity index (χ1v) is 7.45. The molecule has 5 heteroatoms. The monoisotopic (exact) mass is 318 g/mol. The number of halogens is 1. The smallest absolute Gasteiger partial charge is 0.258 e. The van der Waals surface area contributed by atoms with Crippen molar-refractivity contribution >= 4 is 23.2 Å². The molecule has 22 heavy (non-hydrogen) atoms. The molecule has 0 aliphatic heterocycles. The zero-order chi connectivity index (χ0) is 15.8. The number of hydrogen-bond donors (Lipinski definition) is 1. The average Bonchev–Trinajstić information content (AvgIpc) is 2.55. The van der Waals surface area contributed by atoms with Gasteiger partial charge in [0.2, 0.25) is 0 Å². The number of likely N-dealkylation sites (N-methyl/N-ethyl adjacent to an activating group) is 1. The third-order valence-electron chi connectivity index (χ3n) is 3.16. The molecule has 2 aromatic carbocycles. The van der Waals surface area contributed by atoms with Crippen molar-refractivity contribution < 1.29 is 9.53 Å². The molecule has 0 bridgehead atoms. The summed E-state index contributed by atoms with van der Waals surface area (Å²) in [7, 11) is 1.99. The molecule has 4 nitrogen and oxygen atoms in total. The topological polar surface area (TPSA) is 41.6 Å². The number of benzene rings is 2. The van der Waals surface area contributed by atoms with E-state index in [0.29, 0.717) is 17.3 Å². The van der Waals surface area contributed by atoms with Crippen LogP contribution < -0.4 is 15.0 Å². The number of para-hydroxylation sites is 2. The molecule has 0 unspecified atom stereocenters. The quantitative estimate of drug-likeness (QED) is 0.853. The lowest BCUT2D eigenvalue weighted by atomic mass is 10.3. The summed E-state index contributed by atoms with van der Waals surface area (Å²) in [4.78, 5) is 13.8. The van der Waals surface area contributed by atoms with Crippen LogP contribution in [0.5, 0.6) is 5.75 Å². The second-order valence-corrected chi connectivity index (χ2v) is 5.23. The van der Waals surface area contributed by atoms with Crippen molar-refractivity contribution in [1.29, 1.82) is 0 Å². The molecule has 0 fully saturated rings. The third kappa shape index (κ3) is 4.97. The summed E-state index contributed by atoms with van der Waals surface area (Å²) in [5.41, 5.74) is 1.11. The van der Waals surface area contributed by atoms with Gasteiger partial charge in [-0.2, -0.15) is 0 Å². The van der Waals surface area contributed by atoms with Gasteiger partial charge in [0.1, 0.15) is 5.75 Å². The van der Waals surface area contributed by atoms with E-state index in [9.17, 15) is 4.79 Å².